The lowest BCUT2D eigenvalue weighted by atomic mass is 10.0. The Morgan fingerprint density at radius 2 is 2.11 bits per heavy atom. The predicted octanol–water partition coefficient (Wildman–Crippen LogP) is 2.82. The minimum absolute atomic E-state index is 0.385. The third-order valence-corrected chi connectivity index (χ3v) is 4.60. The molecule has 0 heterocycles. The molecule has 0 radical (unpaired) electrons. The quantitative estimate of drug-likeness (QED) is 0.826. The van der Waals surface area contributed by atoms with Crippen LogP contribution in [0.15, 0.2) is 22.7 Å². The van der Waals surface area contributed by atoms with Gasteiger partial charge in [0.25, 0.3) is 0 Å². The molecule has 0 atom stereocenters. The molecule has 0 spiro atoms. The van der Waals surface area contributed by atoms with Gasteiger partial charge in [-0.1, -0.05) is 25.1 Å². The summed E-state index contributed by atoms with van der Waals surface area (Å²) in [5, 5.41) is 10.4. The molecule has 1 aromatic rings. The van der Waals surface area contributed by atoms with Crippen molar-refractivity contribution in [3.05, 3.63) is 28.2 Å². The van der Waals surface area contributed by atoms with E-state index in [9.17, 15) is 5.11 Å². The van der Waals surface area contributed by atoms with Gasteiger partial charge in [0.2, 0.25) is 0 Å². The second kappa shape index (κ2) is 5.77. The van der Waals surface area contributed by atoms with Crippen LogP contribution in [0.5, 0.6) is 0 Å². The number of thiocarbonyl (C=S) groups is 1. The molecule has 0 bridgehead atoms. The van der Waals surface area contributed by atoms with Crippen molar-refractivity contribution in [2.75, 3.05) is 18.5 Å². The number of hydrogen-bond donors (Lipinski definition) is 2. The molecule has 0 saturated heterocycles. The maximum Gasteiger partial charge on any atom is 0.105 e. The SMILES string of the molecule is CN(CC1(O)CCCC1)c1ccc(C(N)=S)c(Br)c1. The maximum absolute atomic E-state index is 10.4. The van der Waals surface area contributed by atoms with Crippen molar-refractivity contribution in [1.82, 2.24) is 0 Å². The molecule has 0 unspecified atom stereocenters. The fourth-order valence-electron chi connectivity index (χ4n) is 2.67. The number of nitrogens with zero attached hydrogens (tertiary/aromatic N) is 1. The van der Waals surface area contributed by atoms with Crippen molar-refractivity contribution >= 4 is 38.8 Å². The Labute approximate surface area is 127 Å². The lowest BCUT2D eigenvalue weighted by Crippen LogP contribution is -2.39. The van der Waals surface area contributed by atoms with E-state index >= 15 is 0 Å². The predicted molar refractivity (Wildman–Crippen MR) is 86.7 cm³/mol. The average Bonchev–Trinajstić information content (AvgIpc) is 2.75. The Hall–Kier alpha value is -0.650. The van der Waals surface area contributed by atoms with Crippen LogP contribution in [0, 0.1) is 0 Å². The highest BCUT2D eigenvalue weighted by molar-refractivity contribution is 9.10. The molecule has 1 aliphatic carbocycles. The molecular formula is C14H19BrN2OS. The lowest BCUT2D eigenvalue weighted by Gasteiger charge is -2.30. The number of hydrogen-bond acceptors (Lipinski definition) is 3. The van der Waals surface area contributed by atoms with Crippen LogP contribution in [-0.4, -0.2) is 29.3 Å². The first-order valence-corrected chi connectivity index (χ1v) is 7.64. The summed E-state index contributed by atoms with van der Waals surface area (Å²) in [6.45, 7) is 0.659. The standard InChI is InChI=1S/C14H19BrN2OS/c1-17(9-14(18)6-2-3-7-14)10-4-5-11(13(16)19)12(15)8-10/h4-5,8,18H,2-3,6-7,9H2,1H3,(H2,16,19). The second-order valence-electron chi connectivity index (χ2n) is 5.32. The van der Waals surface area contributed by atoms with Crippen LogP contribution >= 0.6 is 28.1 Å². The van der Waals surface area contributed by atoms with E-state index < -0.39 is 5.60 Å². The summed E-state index contributed by atoms with van der Waals surface area (Å²) in [5.41, 5.74) is 6.99. The van der Waals surface area contributed by atoms with Gasteiger partial charge < -0.3 is 15.7 Å². The van der Waals surface area contributed by atoms with Gasteiger partial charge in [-0.05, 0) is 47.0 Å². The van der Waals surface area contributed by atoms with Crippen molar-refractivity contribution in [3.8, 4) is 0 Å². The van der Waals surface area contributed by atoms with Gasteiger partial charge in [-0.25, -0.2) is 0 Å². The van der Waals surface area contributed by atoms with Crippen molar-refractivity contribution < 1.29 is 5.11 Å². The zero-order chi connectivity index (χ0) is 14.0. The summed E-state index contributed by atoms with van der Waals surface area (Å²) in [6, 6.07) is 5.89. The van der Waals surface area contributed by atoms with E-state index in [4.69, 9.17) is 18.0 Å². The number of halogens is 1. The first-order chi connectivity index (χ1) is 8.91. The summed E-state index contributed by atoms with van der Waals surface area (Å²) >= 11 is 8.47. The summed E-state index contributed by atoms with van der Waals surface area (Å²) in [7, 11) is 2.00. The van der Waals surface area contributed by atoms with Gasteiger partial charge in [0.05, 0.1) is 5.60 Å². The molecule has 19 heavy (non-hydrogen) atoms. The van der Waals surface area contributed by atoms with Gasteiger partial charge in [0.15, 0.2) is 0 Å². The fraction of sp³-hybridized carbons (Fsp3) is 0.500. The zero-order valence-corrected chi connectivity index (χ0v) is 13.4. The molecule has 3 N–H and O–H groups in total. The Balaban J connectivity index is 2.13. The van der Waals surface area contributed by atoms with Gasteiger partial charge in [-0.3, -0.25) is 0 Å². The maximum atomic E-state index is 10.4. The van der Waals surface area contributed by atoms with Crippen LogP contribution in [0.4, 0.5) is 5.69 Å². The van der Waals surface area contributed by atoms with Crippen LogP contribution in [0.1, 0.15) is 31.2 Å². The van der Waals surface area contributed by atoms with Gasteiger partial charge in [-0.15, -0.1) is 0 Å². The molecule has 5 heteroatoms. The van der Waals surface area contributed by atoms with Crippen LogP contribution < -0.4 is 10.6 Å². The summed E-state index contributed by atoms with van der Waals surface area (Å²) in [5.74, 6) is 0. The van der Waals surface area contributed by atoms with E-state index in [1.165, 1.54) is 0 Å². The van der Waals surface area contributed by atoms with Crippen molar-refractivity contribution in [1.29, 1.82) is 0 Å². The topological polar surface area (TPSA) is 49.5 Å². The van der Waals surface area contributed by atoms with Crippen LogP contribution in [0.2, 0.25) is 0 Å². The van der Waals surface area contributed by atoms with Crippen molar-refractivity contribution in [2.45, 2.75) is 31.3 Å². The fourth-order valence-corrected chi connectivity index (χ4v) is 3.55. The van der Waals surface area contributed by atoms with Crippen molar-refractivity contribution in [2.24, 2.45) is 5.73 Å². The van der Waals surface area contributed by atoms with Crippen LogP contribution in [-0.2, 0) is 0 Å². The second-order valence-corrected chi connectivity index (χ2v) is 6.61. The monoisotopic (exact) mass is 342 g/mol. The first-order valence-electron chi connectivity index (χ1n) is 6.44. The Morgan fingerprint density at radius 3 is 2.63 bits per heavy atom. The number of benzene rings is 1. The third kappa shape index (κ3) is 3.46. The smallest absolute Gasteiger partial charge is 0.105 e. The van der Waals surface area contributed by atoms with E-state index in [2.05, 4.69) is 20.8 Å². The van der Waals surface area contributed by atoms with Crippen LogP contribution in [0.25, 0.3) is 0 Å². The average molecular weight is 343 g/mol. The number of rotatable bonds is 4. The Kier molecular flexibility index (Phi) is 4.48. The molecule has 104 valence electrons. The van der Waals surface area contributed by atoms with Gasteiger partial charge in [0, 0.05) is 29.3 Å². The molecule has 0 aliphatic heterocycles. The summed E-state index contributed by atoms with van der Waals surface area (Å²) in [4.78, 5) is 2.47. The molecule has 1 saturated carbocycles. The van der Waals surface area contributed by atoms with Crippen LogP contribution in [0.3, 0.4) is 0 Å². The van der Waals surface area contributed by atoms with E-state index in [1.807, 2.05) is 25.2 Å². The molecule has 2 rings (SSSR count). The minimum atomic E-state index is -0.539. The molecule has 0 aromatic heterocycles. The van der Waals surface area contributed by atoms with E-state index in [0.717, 1.165) is 41.4 Å². The number of nitrogens with two attached hydrogens (primary N) is 1. The van der Waals surface area contributed by atoms with Crippen molar-refractivity contribution in [3.63, 3.8) is 0 Å². The summed E-state index contributed by atoms with van der Waals surface area (Å²) < 4.78 is 0.891. The number of aliphatic hydroxyl groups is 1. The largest absolute Gasteiger partial charge is 0.389 e. The molecule has 0 amide bonds. The molecule has 1 fully saturated rings. The lowest BCUT2D eigenvalue weighted by molar-refractivity contribution is 0.0559. The van der Waals surface area contributed by atoms with Gasteiger partial charge >= 0.3 is 0 Å². The van der Waals surface area contributed by atoms with E-state index in [1.54, 1.807) is 0 Å². The first kappa shape index (κ1) is 14.8. The zero-order valence-electron chi connectivity index (χ0n) is 11.0. The minimum Gasteiger partial charge on any atom is -0.389 e. The third-order valence-electron chi connectivity index (χ3n) is 3.72. The molecule has 1 aromatic carbocycles. The highest BCUT2D eigenvalue weighted by Crippen LogP contribution is 2.32. The van der Waals surface area contributed by atoms with Gasteiger partial charge in [0.1, 0.15) is 4.99 Å². The number of likely N-dealkylation sites (N-methyl/N-ethyl adjacent to an activating group) is 1. The molecule has 1 aliphatic rings. The highest BCUT2D eigenvalue weighted by atomic mass is 79.9. The van der Waals surface area contributed by atoms with Gasteiger partial charge in [-0.2, -0.15) is 0 Å². The highest BCUT2D eigenvalue weighted by Gasteiger charge is 2.32. The Bertz CT molecular complexity index is 486. The summed E-state index contributed by atoms with van der Waals surface area (Å²) in [6.07, 6.45) is 4.02. The Morgan fingerprint density at radius 1 is 1.47 bits per heavy atom. The van der Waals surface area contributed by atoms with E-state index in [0.29, 0.717) is 11.5 Å². The molecule has 3 nitrogen and oxygen atoms in total. The normalized spacial score (nSPS) is 17.4. The molecular weight excluding hydrogens is 324 g/mol. The number of anilines is 1. The van der Waals surface area contributed by atoms with E-state index in [-0.39, 0.29) is 0 Å².